The van der Waals surface area contributed by atoms with Gasteiger partial charge in [-0.25, -0.2) is 0 Å². The van der Waals surface area contributed by atoms with Gasteiger partial charge < -0.3 is 15.2 Å². The van der Waals surface area contributed by atoms with Crippen LogP contribution >= 0.6 is 0 Å². The predicted octanol–water partition coefficient (Wildman–Crippen LogP) is 1.51. The van der Waals surface area contributed by atoms with Crippen LogP contribution in [0.2, 0.25) is 0 Å². The number of hydrogen-bond acceptors (Lipinski definition) is 3. The molecule has 0 unspecified atom stereocenters. The summed E-state index contributed by atoms with van der Waals surface area (Å²) >= 11 is 0. The van der Waals surface area contributed by atoms with Crippen LogP contribution in [-0.2, 0) is 6.42 Å². The molecule has 0 radical (unpaired) electrons. The highest BCUT2D eigenvalue weighted by molar-refractivity contribution is 5.94. The van der Waals surface area contributed by atoms with E-state index in [9.17, 15) is 4.79 Å². The second-order valence-corrected chi connectivity index (χ2v) is 4.46. The number of nitrogens with one attached hydrogen (secondary N) is 1. The van der Waals surface area contributed by atoms with E-state index in [0.717, 1.165) is 37.0 Å². The van der Waals surface area contributed by atoms with E-state index in [1.807, 2.05) is 12.1 Å². The Kier molecular flexibility index (Phi) is 4.59. The number of benzene rings is 1. The molecular formula is C14H19NO3. The largest absolute Gasteiger partial charge is 0.493 e. The highest BCUT2D eigenvalue weighted by atomic mass is 16.5. The maximum atomic E-state index is 11.9. The second kappa shape index (κ2) is 6.40. The molecule has 98 valence electrons. The highest BCUT2D eigenvalue weighted by Crippen LogP contribution is 2.25. The van der Waals surface area contributed by atoms with Gasteiger partial charge in [0.2, 0.25) is 0 Å². The molecule has 0 atom stereocenters. The number of carbonyl (C=O) groups is 1. The normalized spacial score (nSPS) is 12.9. The Hall–Kier alpha value is -1.55. The molecule has 4 nitrogen and oxygen atoms in total. The third-order valence-corrected chi connectivity index (χ3v) is 3.07. The van der Waals surface area contributed by atoms with Crippen molar-refractivity contribution in [2.24, 2.45) is 0 Å². The quantitative estimate of drug-likeness (QED) is 0.751. The lowest BCUT2D eigenvalue weighted by Gasteiger charge is -2.06. The van der Waals surface area contributed by atoms with E-state index in [4.69, 9.17) is 9.84 Å². The maximum Gasteiger partial charge on any atom is 0.251 e. The summed E-state index contributed by atoms with van der Waals surface area (Å²) < 4.78 is 5.40. The Morgan fingerprint density at radius 1 is 1.33 bits per heavy atom. The summed E-state index contributed by atoms with van der Waals surface area (Å²) in [5.41, 5.74) is 1.81. The Labute approximate surface area is 107 Å². The molecule has 0 saturated heterocycles. The van der Waals surface area contributed by atoms with Crippen molar-refractivity contribution < 1.29 is 14.6 Å². The summed E-state index contributed by atoms with van der Waals surface area (Å²) in [6, 6.07) is 5.57. The summed E-state index contributed by atoms with van der Waals surface area (Å²) in [7, 11) is 0. The SMILES string of the molecule is O=C(NCCCCCO)c1ccc2c(c1)CCO2. The lowest BCUT2D eigenvalue weighted by atomic mass is 10.1. The van der Waals surface area contributed by atoms with Crippen molar-refractivity contribution in [3.63, 3.8) is 0 Å². The van der Waals surface area contributed by atoms with Crippen LogP contribution in [0.3, 0.4) is 0 Å². The molecule has 0 spiro atoms. The number of hydrogen-bond donors (Lipinski definition) is 2. The average Bonchev–Trinajstić information content (AvgIpc) is 2.85. The molecule has 0 aliphatic carbocycles. The summed E-state index contributed by atoms with van der Waals surface area (Å²) in [5.74, 6) is 0.864. The van der Waals surface area contributed by atoms with Crippen molar-refractivity contribution >= 4 is 5.91 Å². The third-order valence-electron chi connectivity index (χ3n) is 3.07. The van der Waals surface area contributed by atoms with Crippen LogP contribution in [0.1, 0.15) is 35.2 Å². The molecule has 1 aliphatic heterocycles. The molecule has 1 aromatic carbocycles. The molecule has 1 aliphatic rings. The van der Waals surface area contributed by atoms with E-state index in [0.29, 0.717) is 18.7 Å². The fourth-order valence-corrected chi connectivity index (χ4v) is 2.05. The summed E-state index contributed by atoms with van der Waals surface area (Å²) in [6.45, 7) is 1.59. The molecule has 1 amide bonds. The zero-order valence-electron chi connectivity index (χ0n) is 10.4. The summed E-state index contributed by atoms with van der Waals surface area (Å²) in [5, 5.41) is 11.5. The van der Waals surface area contributed by atoms with Crippen LogP contribution in [0.25, 0.3) is 0 Å². The van der Waals surface area contributed by atoms with E-state index in [1.54, 1.807) is 6.07 Å². The van der Waals surface area contributed by atoms with E-state index in [1.165, 1.54) is 0 Å². The zero-order valence-corrected chi connectivity index (χ0v) is 10.4. The van der Waals surface area contributed by atoms with Crippen LogP contribution in [0, 0.1) is 0 Å². The van der Waals surface area contributed by atoms with Crippen molar-refractivity contribution in [3.8, 4) is 5.75 Å². The molecular weight excluding hydrogens is 230 g/mol. The van der Waals surface area contributed by atoms with Crippen molar-refractivity contribution in [2.45, 2.75) is 25.7 Å². The zero-order chi connectivity index (χ0) is 12.8. The molecule has 0 fully saturated rings. The van der Waals surface area contributed by atoms with Crippen LogP contribution in [0.15, 0.2) is 18.2 Å². The van der Waals surface area contributed by atoms with Gasteiger partial charge in [0.05, 0.1) is 6.61 Å². The Bertz CT molecular complexity index is 418. The number of fused-ring (bicyclic) bond motifs is 1. The first kappa shape index (κ1) is 12.9. The van der Waals surface area contributed by atoms with E-state index in [2.05, 4.69) is 5.32 Å². The topological polar surface area (TPSA) is 58.6 Å². The Morgan fingerprint density at radius 2 is 2.22 bits per heavy atom. The summed E-state index contributed by atoms with van der Waals surface area (Å²) in [6.07, 6.45) is 3.52. The number of amides is 1. The molecule has 2 N–H and O–H groups in total. The minimum absolute atomic E-state index is 0.0336. The van der Waals surface area contributed by atoms with Crippen molar-refractivity contribution in [1.82, 2.24) is 5.32 Å². The molecule has 2 rings (SSSR count). The predicted molar refractivity (Wildman–Crippen MR) is 68.9 cm³/mol. The van der Waals surface area contributed by atoms with Crippen LogP contribution in [0.4, 0.5) is 0 Å². The number of unbranched alkanes of at least 4 members (excludes halogenated alkanes) is 2. The monoisotopic (exact) mass is 249 g/mol. The van der Waals surface area contributed by atoms with Crippen molar-refractivity contribution in [3.05, 3.63) is 29.3 Å². The minimum atomic E-state index is -0.0336. The molecule has 0 saturated carbocycles. The van der Waals surface area contributed by atoms with Gasteiger partial charge >= 0.3 is 0 Å². The van der Waals surface area contributed by atoms with Gasteiger partial charge in [0.15, 0.2) is 0 Å². The fourth-order valence-electron chi connectivity index (χ4n) is 2.05. The molecule has 1 aromatic rings. The van der Waals surface area contributed by atoms with E-state index < -0.39 is 0 Å². The Morgan fingerprint density at radius 3 is 3.06 bits per heavy atom. The minimum Gasteiger partial charge on any atom is -0.493 e. The molecule has 4 heteroatoms. The number of carbonyl (C=O) groups excluding carboxylic acids is 1. The van der Waals surface area contributed by atoms with Gasteiger partial charge in [-0.05, 0) is 43.0 Å². The van der Waals surface area contributed by atoms with Crippen LogP contribution < -0.4 is 10.1 Å². The van der Waals surface area contributed by atoms with Crippen molar-refractivity contribution in [1.29, 1.82) is 0 Å². The first-order valence-corrected chi connectivity index (χ1v) is 6.46. The van der Waals surface area contributed by atoms with Gasteiger partial charge in [0, 0.05) is 25.1 Å². The highest BCUT2D eigenvalue weighted by Gasteiger charge is 2.14. The lowest BCUT2D eigenvalue weighted by molar-refractivity contribution is 0.0953. The standard InChI is InChI=1S/C14H19NO3/c16-8-3-1-2-7-15-14(17)12-4-5-13-11(10-12)6-9-18-13/h4-5,10,16H,1-3,6-9H2,(H,15,17). The third kappa shape index (κ3) is 3.23. The molecule has 1 heterocycles. The number of aliphatic hydroxyl groups excluding tert-OH is 1. The van der Waals surface area contributed by atoms with Gasteiger partial charge in [-0.15, -0.1) is 0 Å². The average molecular weight is 249 g/mol. The van der Waals surface area contributed by atoms with Crippen molar-refractivity contribution in [2.75, 3.05) is 19.8 Å². The van der Waals surface area contributed by atoms with Crippen LogP contribution in [0.5, 0.6) is 5.75 Å². The second-order valence-electron chi connectivity index (χ2n) is 4.46. The number of rotatable bonds is 6. The van der Waals surface area contributed by atoms with Gasteiger partial charge in [-0.1, -0.05) is 0 Å². The van der Waals surface area contributed by atoms with Gasteiger partial charge in [-0.3, -0.25) is 4.79 Å². The van der Waals surface area contributed by atoms with Gasteiger partial charge in [0.25, 0.3) is 5.91 Å². The van der Waals surface area contributed by atoms with Crippen LogP contribution in [-0.4, -0.2) is 30.8 Å². The smallest absolute Gasteiger partial charge is 0.251 e. The lowest BCUT2D eigenvalue weighted by Crippen LogP contribution is -2.24. The molecule has 0 bridgehead atoms. The first-order chi connectivity index (χ1) is 8.81. The number of ether oxygens (including phenoxy) is 1. The van der Waals surface area contributed by atoms with Gasteiger partial charge in [0.1, 0.15) is 5.75 Å². The number of aliphatic hydroxyl groups is 1. The van der Waals surface area contributed by atoms with E-state index >= 15 is 0 Å². The van der Waals surface area contributed by atoms with Gasteiger partial charge in [-0.2, -0.15) is 0 Å². The fraction of sp³-hybridized carbons (Fsp3) is 0.500. The molecule has 18 heavy (non-hydrogen) atoms. The maximum absolute atomic E-state index is 11.9. The summed E-state index contributed by atoms with van der Waals surface area (Å²) in [4.78, 5) is 11.9. The first-order valence-electron chi connectivity index (χ1n) is 6.46. The Balaban J connectivity index is 1.82. The molecule has 0 aromatic heterocycles. The van der Waals surface area contributed by atoms with E-state index in [-0.39, 0.29) is 12.5 Å².